The molecule has 0 spiro atoms. The van der Waals surface area contributed by atoms with Crippen molar-refractivity contribution in [3.8, 4) is 0 Å². The van der Waals surface area contributed by atoms with Gasteiger partial charge in [0.2, 0.25) is 0 Å². The van der Waals surface area contributed by atoms with Crippen LogP contribution in [0.25, 0.3) is 23.1 Å². The molecule has 1 aromatic heterocycles. The monoisotopic (exact) mass is 354 g/mol. The van der Waals surface area contributed by atoms with Crippen molar-refractivity contribution < 1.29 is 9.90 Å². The molecule has 0 radical (unpaired) electrons. The van der Waals surface area contributed by atoms with E-state index < -0.39 is 5.97 Å². The third kappa shape index (κ3) is 3.78. The van der Waals surface area contributed by atoms with Gasteiger partial charge in [0.25, 0.3) is 5.56 Å². The van der Waals surface area contributed by atoms with Crippen molar-refractivity contribution in [3.63, 3.8) is 0 Å². The molecule has 0 aliphatic carbocycles. The minimum atomic E-state index is -0.971. The van der Waals surface area contributed by atoms with Crippen LogP contribution >= 0.6 is 11.6 Å². The summed E-state index contributed by atoms with van der Waals surface area (Å²) in [5.41, 5.74) is 1.10. The molecular weight excluding hydrogens is 340 g/mol. The molecule has 1 N–H and O–H groups in total. The summed E-state index contributed by atoms with van der Waals surface area (Å²) in [6.07, 6.45) is 3.28. The van der Waals surface area contributed by atoms with Gasteiger partial charge in [-0.25, -0.2) is 4.98 Å². The number of carboxylic acid groups (broad SMARTS) is 1. The lowest BCUT2D eigenvalue weighted by Gasteiger charge is -2.10. The van der Waals surface area contributed by atoms with Gasteiger partial charge >= 0.3 is 5.97 Å². The van der Waals surface area contributed by atoms with Crippen molar-refractivity contribution in [1.29, 1.82) is 0 Å². The molecule has 5 nitrogen and oxygen atoms in total. The zero-order valence-electron chi connectivity index (χ0n) is 13.2. The van der Waals surface area contributed by atoms with Gasteiger partial charge in [-0.3, -0.25) is 14.2 Å². The number of aliphatic carboxylic acids is 1. The van der Waals surface area contributed by atoms with E-state index in [2.05, 4.69) is 4.98 Å². The van der Waals surface area contributed by atoms with Crippen molar-refractivity contribution in [1.82, 2.24) is 9.55 Å². The first-order valence-electron chi connectivity index (χ1n) is 7.70. The number of nitrogens with zero attached hydrogens (tertiary/aromatic N) is 2. The quantitative estimate of drug-likeness (QED) is 0.758. The number of hydrogen-bond acceptors (Lipinski definition) is 3. The molecule has 126 valence electrons. The first-order chi connectivity index (χ1) is 12.1. The number of hydrogen-bond donors (Lipinski definition) is 1. The van der Waals surface area contributed by atoms with Crippen molar-refractivity contribution in [3.05, 3.63) is 75.3 Å². The molecule has 0 fully saturated rings. The third-order valence-corrected chi connectivity index (χ3v) is 4.10. The Bertz CT molecular complexity index is 1020. The number of halogens is 1. The minimum absolute atomic E-state index is 0.0498. The summed E-state index contributed by atoms with van der Waals surface area (Å²) in [6.45, 7) is 0.0498. The number of benzene rings is 2. The maximum atomic E-state index is 12.7. The molecule has 6 heteroatoms. The van der Waals surface area contributed by atoms with Crippen LogP contribution in [-0.4, -0.2) is 20.6 Å². The third-order valence-electron chi connectivity index (χ3n) is 3.76. The zero-order valence-corrected chi connectivity index (χ0v) is 14.0. The Balaban J connectivity index is 2.11. The van der Waals surface area contributed by atoms with Gasteiger partial charge in [-0.2, -0.15) is 0 Å². The van der Waals surface area contributed by atoms with Gasteiger partial charge in [0, 0.05) is 11.6 Å². The Morgan fingerprint density at radius 1 is 1.12 bits per heavy atom. The Morgan fingerprint density at radius 3 is 2.60 bits per heavy atom. The average molecular weight is 355 g/mol. The highest BCUT2D eigenvalue weighted by Crippen LogP contribution is 2.18. The molecule has 25 heavy (non-hydrogen) atoms. The van der Waals surface area contributed by atoms with Crippen molar-refractivity contribution in [2.75, 3.05) is 0 Å². The minimum Gasteiger partial charge on any atom is -0.481 e. The fourth-order valence-corrected chi connectivity index (χ4v) is 2.71. The normalized spacial score (nSPS) is 11.2. The van der Waals surface area contributed by atoms with E-state index in [0.717, 1.165) is 5.56 Å². The summed E-state index contributed by atoms with van der Waals surface area (Å²) in [6, 6.07) is 14.3. The molecule has 0 atom stereocenters. The molecular formula is C19H15ClN2O3. The van der Waals surface area contributed by atoms with E-state index in [0.29, 0.717) is 21.7 Å². The molecule has 3 aromatic rings. The van der Waals surface area contributed by atoms with Crippen LogP contribution in [0, 0.1) is 0 Å². The Labute approximate surface area is 148 Å². The SMILES string of the molecule is O=C(O)CCn1c(/C=C/c2ccccc2Cl)nc2ccccc2c1=O. The van der Waals surface area contributed by atoms with Crippen LogP contribution < -0.4 is 5.56 Å². The van der Waals surface area contributed by atoms with Gasteiger partial charge in [0.15, 0.2) is 0 Å². The Kier molecular flexibility index (Phi) is 4.95. The standard InChI is InChI=1S/C19H15ClN2O3/c20-15-7-3-1-5-13(15)9-10-17-21-16-8-4-2-6-14(16)19(25)22(17)12-11-18(23)24/h1-10H,11-12H2,(H,23,24)/b10-9+. The molecule has 0 saturated carbocycles. The summed E-state index contributed by atoms with van der Waals surface area (Å²) in [5, 5.41) is 9.99. The van der Waals surface area contributed by atoms with Gasteiger partial charge in [0.1, 0.15) is 5.82 Å². The molecule has 0 aliphatic heterocycles. The van der Waals surface area contributed by atoms with Gasteiger partial charge in [-0.15, -0.1) is 0 Å². The molecule has 0 bridgehead atoms. The van der Waals surface area contributed by atoms with E-state index in [-0.39, 0.29) is 18.5 Å². The molecule has 0 aliphatic rings. The van der Waals surface area contributed by atoms with Gasteiger partial charge in [-0.05, 0) is 35.9 Å². The fourth-order valence-electron chi connectivity index (χ4n) is 2.51. The summed E-state index contributed by atoms with van der Waals surface area (Å²) in [5.74, 6) is -0.578. The predicted molar refractivity (Wildman–Crippen MR) is 98.6 cm³/mol. The van der Waals surface area contributed by atoms with Crippen LogP contribution in [0.2, 0.25) is 5.02 Å². The molecule has 2 aromatic carbocycles. The summed E-state index contributed by atoms with van der Waals surface area (Å²) in [7, 11) is 0. The molecule has 0 unspecified atom stereocenters. The average Bonchev–Trinajstić information content (AvgIpc) is 2.60. The topological polar surface area (TPSA) is 72.2 Å². The smallest absolute Gasteiger partial charge is 0.305 e. The van der Waals surface area contributed by atoms with Crippen LogP contribution in [0.15, 0.2) is 53.3 Å². The maximum Gasteiger partial charge on any atom is 0.305 e. The van der Waals surface area contributed by atoms with Gasteiger partial charge in [-0.1, -0.05) is 41.9 Å². The van der Waals surface area contributed by atoms with Gasteiger partial charge in [0.05, 0.1) is 17.3 Å². The lowest BCUT2D eigenvalue weighted by molar-refractivity contribution is -0.137. The van der Waals surface area contributed by atoms with Crippen molar-refractivity contribution in [2.24, 2.45) is 0 Å². The lowest BCUT2D eigenvalue weighted by atomic mass is 10.2. The van der Waals surface area contributed by atoms with Crippen LogP contribution in [-0.2, 0) is 11.3 Å². The van der Waals surface area contributed by atoms with Crippen LogP contribution in [0.4, 0.5) is 0 Å². The predicted octanol–water partition coefficient (Wildman–Crippen LogP) is 3.70. The van der Waals surface area contributed by atoms with E-state index in [1.807, 2.05) is 18.2 Å². The zero-order chi connectivity index (χ0) is 17.8. The first-order valence-corrected chi connectivity index (χ1v) is 8.08. The molecule has 3 rings (SSSR count). The summed E-state index contributed by atoms with van der Waals surface area (Å²) < 4.78 is 1.38. The fraction of sp³-hybridized carbons (Fsp3) is 0.105. The van der Waals surface area contributed by atoms with Crippen molar-refractivity contribution >= 4 is 40.6 Å². The molecule has 1 heterocycles. The summed E-state index contributed by atoms with van der Waals surface area (Å²) in [4.78, 5) is 28.1. The van der Waals surface area contributed by atoms with Crippen LogP contribution in [0.3, 0.4) is 0 Å². The largest absolute Gasteiger partial charge is 0.481 e. The van der Waals surface area contributed by atoms with E-state index in [1.165, 1.54) is 4.57 Å². The van der Waals surface area contributed by atoms with Crippen LogP contribution in [0.1, 0.15) is 17.8 Å². The second-order valence-corrected chi connectivity index (χ2v) is 5.85. The molecule has 0 amide bonds. The number of para-hydroxylation sites is 1. The van der Waals surface area contributed by atoms with E-state index >= 15 is 0 Å². The number of rotatable bonds is 5. The van der Waals surface area contributed by atoms with E-state index in [4.69, 9.17) is 16.7 Å². The number of fused-ring (bicyclic) bond motifs is 1. The maximum absolute atomic E-state index is 12.7. The van der Waals surface area contributed by atoms with E-state index in [1.54, 1.807) is 42.5 Å². The first kappa shape index (κ1) is 16.9. The Morgan fingerprint density at radius 2 is 1.84 bits per heavy atom. The lowest BCUT2D eigenvalue weighted by Crippen LogP contribution is -2.25. The number of carboxylic acids is 1. The Hall–Kier alpha value is -2.92. The van der Waals surface area contributed by atoms with E-state index in [9.17, 15) is 9.59 Å². The van der Waals surface area contributed by atoms with Crippen LogP contribution in [0.5, 0.6) is 0 Å². The second-order valence-electron chi connectivity index (χ2n) is 5.44. The molecule has 0 saturated heterocycles. The highest BCUT2D eigenvalue weighted by atomic mass is 35.5. The second kappa shape index (κ2) is 7.32. The highest BCUT2D eigenvalue weighted by molar-refractivity contribution is 6.32. The number of aromatic nitrogens is 2. The number of carbonyl (C=O) groups is 1. The van der Waals surface area contributed by atoms with Gasteiger partial charge < -0.3 is 5.11 Å². The van der Waals surface area contributed by atoms with Crippen molar-refractivity contribution in [2.45, 2.75) is 13.0 Å². The highest BCUT2D eigenvalue weighted by Gasteiger charge is 2.10. The summed E-state index contributed by atoms with van der Waals surface area (Å²) >= 11 is 6.14.